The first-order valence-corrected chi connectivity index (χ1v) is 6.78. The van der Waals surface area contributed by atoms with Crippen molar-refractivity contribution in [2.24, 2.45) is 0 Å². The topological polar surface area (TPSA) is 34.1 Å². The molecule has 2 nitrogen and oxygen atoms in total. The van der Waals surface area contributed by atoms with Crippen LogP contribution in [0.1, 0.15) is 40.5 Å². The molecule has 1 atom stereocenters. The average Bonchev–Trinajstić information content (AvgIpc) is 1.81. The van der Waals surface area contributed by atoms with Crippen LogP contribution in [0.4, 0.5) is 0 Å². The molecule has 0 aliphatic heterocycles. The van der Waals surface area contributed by atoms with Crippen LogP contribution >= 0.6 is 12.6 Å². The van der Waals surface area contributed by atoms with Gasteiger partial charge in [0, 0.05) is 11.0 Å². The van der Waals surface area contributed by atoms with Gasteiger partial charge in [0.1, 0.15) is 0 Å². The van der Waals surface area contributed by atoms with Gasteiger partial charge < -0.3 is 0 Å². The highest BCUT2D eigenvalue weighted by molar-refractivity contribution is 7.92. The SMILES string of the molecule is CCC(C)(CC(C)(C)S)S(C)(=O)=O. The van der Waals surface area contributed by atoms with Crippen molar-refractivity contribution in [2.45, 2.75) is 50.0 Å². The molecule has 0 radical (unpaired) electrons. The van der Waals surface area contributed by atoms with Gasteiger partial charge in [0.2, 0.25) is 0 Å². The highest BCUT2D eigenvalue weighted by Crippen LogP contribution is 2.33. The molecule has 0 spiro atoms. The zero-order valence-electron chi connectivity index (χ0n) is 9.09. The maximum atomic E-state index is 11.5. The lowest BCUT2D eigenvalue weighted by Gasteiger charge is -2.32. The van der Waals surface area contributed by atoms with Crippen molar-refractivity contribution < 1.29 is 8.42 Å². The summed E-state index contributed by atoms with van der Waals surface area (Å²) in [7, 11) is -3.00. The average molecular weight is 224 g/mol. The zero-order valence-corrected chi connectivity index (χ0v) is 10.8. The first kappa shape index (κ1) is 13.3. The lowest BCUT2D eigenvalue weighted by Crippen LogP contribution is -2.39. The minimum Gasteiger partial charge on any atom is -0.229 e. The van der Waals surface area contributed by atoms with Crippen LogP contribution in [-0.4, -0.2) is 24.2 Å². The van der Waals surface area contributed by atoms with Gasteiger partial charge in [-0.1, -0.05) is 20.8 Å². The molecule has 4 heteroatoms. The van der Waals surface area contributed by atoms with Crippen molar-refractivity contribution in [3.05, 3.63) is 0 Å². The van der Waals surface area contributed by atoms with E-state index in [9.17, 15) is 8.42 Å². The summed E-state index contributed by atoms with van der Waals surface area (Å²) in [5.74, 6) is 0. The molecule has 80 valence electrons. The van der Waals surface area contributed by atoms with Crippen LogP contribution in [-0.2, 0) is 9.84 Å². The van der Waals surface area contributed by atoms with Crippen LogP contribution in [0.25, 0.3) is 0 Å². The molecule has 1 unspecified atom stereocenters. The fraction of sp³-hybridized carbons (Fsp3) is 1.00. The molecule has 0 amide bonds. The Hall–Kier alpha value is 0.300. The maximum Gasteiger partial charge on any atom is 0.152 e. The molecular weight excluding hydrogens is 204 g/mol. The quantitative estimate of drug-likeness (QED) is 0.744. The van der Waals surface area contributed by atoms with Gasteiger partial charge in [0.05, 0.1) is 4.75 Å². The fourth-order valence-electron chi connectivity index (χ4n) is 1.43. The van der Waals surface area contributed by atoms with E-state index in [1.165, 1.54) is 6.26 Å². The van der Waals surface area contributed by atoms with Gasteiger partial charge in [-0.2, -0.15) is 12.6 Å². The van der Waals surface area contributed by atoms with E-state index in [-0.39, 0.29) is 4.75 Å². The van der Waals surface area contributed by atoms with Gasteiger partial charge in [-0.05, 0) is 19.8 Å². The maximum absolute atomic E-state index is 11.5. The largest absolute Gasteiger partial charge is 0.229 e. The number of hydrogen-bond donors (Lipinski definition) is 1. The number of sulfone groups is 1. The molecule has 0 saturated carbocycles. The van der Waals surface area contributed by atoms with E-state index >= 15 is 0 Å². The van der Waals surface area contributed by atoms with Gasteiger partial charge >= 0.3 is 0 Å². The third-order valence-electron chi connectivity index (χ3n) is 2.45. The van der Waals surface area contributed by atoms with E-state index in [0.29, 0.717) is 12.8 Å². The summed E-state index contributed by atoms with van der Waals surface area (Å²) in [4.78, 5) is 0. The lowest BCUT2D eigenvalue weighted by molar-refractivity contribution is 0.458. The Balaban J connectivity index is 4.89. The van der Waals surface area contributed by atoms with Crippen molar-refractivity contribution in [3.63, 3.8) is 0 Å². The molecule has 0 N–H and O–H groups in total. The Labute approximate surface area is 87.4 Å². The highest BCUT2D eigenvalue weighted by atomic mass is 32.2. The smallest absolute Gasteiger partial charge is 0.152 e. The molecule has 0 aliphatic rings. The van der Waals surface area contributed by atoms with E-state index in [0.717, 1.165) is 0 Å². The standard InChI is InChI=1S/C9H20O2S2/c1-6-9(4,13(5,10)11)7-8(2,3)12/h12H,6-7H2,1-5H3. The third-order valence-corrected chi connectivity index (χ3v) is 4.83. The minimum atomic E-state index is -3.00. The number of hydrogen-bond acceptors (Lipinski definition) is 3. The van der Waals surface area contributed by atoms with Crippen molar-refractivity contribution in [3.8, 4) is 0 Å². The van der Waals surface area contributed by atoms with Crippen molar-refractivity contribution >= 4 is 22.5 Å². The van der Waals surface area contributed by atoms with Crippen molar-refractivity contribution in [1.29, 1.82) is 0 Å². The summed E-state index contributed by atoms with van der Waals surface area (Å²) in [5, 5.41) is 0. The molecule has 0 heterocycles. The van der Waals surface area contributed by atoms with Crippen LogP contribution in [0.3, 0.4) is 0 Å². The molecule has 0 bridgehead atoms. The number of rotatable bonds is 4. The molecule has 0 aromatic heterocycles. The van der Waals surface area contributed by atoms with Gasteiger partial charge in [-0.15, -0.1) is 0 Å². The van der Waals surface area contributed by atoms with Crippen LogP contribution in [0.2, 0.25) is 0 Å². The van der Waals surface area contributed by atoms with Gasteiger partial charge in [0.25, 0.3) is 0 Å². The van der Waals surface area contributed by atoms with E-state index in [1.807, 2.05) is 20.8 Å². The highest BCUT2D eigenvalue weighted by Gasteiger charge is 2.37. The second-order valence-electron chi connectivity index (χ2n) is 4.56. The van der Waals surface area contributed by atoms with Gasteiger partial charge in [0.15, 0.2) is 9.84 Å². The molecule has 0 aromatic rings. The molecule has 0 aliphatic carbocycles. The van der Waals surface area contributed by atoms with Crippen molar-refractivity contribution in [1.82, 2.24) is 0 Å². The summed E-state index contributed by atoms with van der Waals surface area (Å²) in [6, 6.07) is 0. The van der Waals surface area contributed by atoms with Crippen LogP contribution in [0, 0.1) is 0 Å². The second-order valence-corrected chi connectivity index (χ2v) is 8.31. The predicted molar refractivity (Wildman–Crippen MR) is 61.2 cm³/mol. The van der Waals surface area contributed by atoms with Crippen LogP contribution in [0.15, 0.2) is 0 Å². The number of thiol groups is 1. The third kappa shape index (κ3) is 3.90. The first-order valence-electron chi connectivity index (χ1n) is 4.44. The molecular formula is C9H20O2S2. The molecule has 0 fully saturated rings. The van der Waals surface area contributed by atoms with Crippen LogP contribution in [0.5, 0.6) is 0 Å². The van der Waals surface area contributed by atoms with E-state index in [1.54, 1.807) is 6.92 Å². The summed E-state index contributed by atoms with van der Waals surface area (Å²) in [5.41, 5.74) is 0. The fourth-order valence-corrected chi connectivity index (χ4v) is 3.04. The summed E-state index contributed by atoms with van der Waals surface area (Å²) < 4.78 is 22.2. The molecule has 0 aromatic carbocycles. The Morgan fingerprint density at radius 2 is 1.62 bits per heavy atom. The predicted octanol–water partition coefficient (Wildman–Crippen LogP) is 2.30. The Morgan fingerprint density at radius 1 is 1.23 bits per heavy atom. The molecule has 0 saturated heterocycles. The van der Waals surface area contributed by atoms with E-state index < -0.39 is 14.6 Å². The van der Waals surface area contributed by atoms with Crippen LogP contribution < -0.4 is 0 Å². The Bertz CT molecular complexity index is 262. The lowest BCUT2D eigenvalue weighted by atomic mass is 9.95. The van der Waals surface area contributed by atoms with Gasteiger partial charge in [-0.25, -0.2) is 8.42 Å². The Kier molecular flexibility index (Phi) is 3.90. The second kappa shape index (κ2) is 3.81. The molecule has 13 heavy (non-hydrogen) atoms. The van der Waals surface area contributed by atoms with Gasteiger partial charge in [-0.3, -0.25) is 0 Å². The van der Waals surface area contributed by atoms with E-state index in [2.05, 4.69) is 12.6 Å². The molecule has 0 rings (SSSR count). The summed E-state index contributed by atoms with van der Waals surface area (Å²) in [6.07, 6.45) is 2.52. The normalized spacial score (nSPS) is 18.3. The minimum absolute atomic E-state index is 0.242. The zero-order chi connectivity index (χ0) is 10.9. The summed E-state index contributed by atoms with van der Waals surface area (Å²) >= 11 is 4.37. The Morgan fingerprint density at radius 3 is 1.69 bits per heavy atom. The van der Waals surface area contributed by atoms with Crippen molar-refractivity contribution in [2.75, 3.05) is 6.26 Å². The first-order chi connectivity index (χ1) is 5.52. The summed E-state index contributed by atoms with van der Waals surface area (Å²) in [6.45, 7) is 7.57. The van der Waals surface area contributed by atoms with E-state index in [4.69, 9.17) is 0 Å². The monoisotopic (exact) mass is 224 g/mol.